The first-order valence-corrected chi connectivity index (χ1v) is 44.3. The van der Waals surface area contributed by atoms with Crippen molar-refractivity contribution in [3.63, 3.8) is 0 Å². The Morgan fingerprint density at radius 2 is 0.548 bits per heavy atom. The summed E-state index contributed by atoms with van der Waals surface area (Å²) in [4.78, 5) is 13.5. The number of carbonyl (C=O) groups excluding carboxylic acids is 1. The van der Waals surface area contributed by atoms with Crippen LogP contribution in [0.1, 0.15) is 406 Å². The van der Waals surface area contributed by atoms with Crippen LogP contribution in [-0.4, -0.2) is 193 Å². The van der Waals surface area contributed by atoms with Gasteiger partial charge in [-0.2, -0.15) is 0 Å². The second kappa shape index (κ2) is 66.4. The minimum atomic E-state index is -1.97. The fourth-order valence-corrected chi connectivity index (χ4v) is 15.6. The van der Waals surface area contributed by atoms with Crippen molar-refractivity contribution < 1.29 is 89.4 Å². The summed E-state index contributed by atoms with van der Waals surface area (Å²) in [7, 11) is 0. The van der Waals surface area contributed by atoms with Crippen molar-refractivity contribution >= 4 is 5.91 Å². The summed E-state index contributed by atoms with van der Waals surface area (Å²) in [6, 6.07) is -0.884. The number of aliphatic hydroxyl groups is 11. The maximum atomic E-state index is 13.5. The Balaban J connectivity index is 1.32. The highest BCUT2D eigenvalue weighted by Gasteiger charge is 2.54. The molecule has 0 aromatic heterocycles. The second-order valence-electron chi connectivity index (χ2n) is 32.1. The molecule has 0 spiro atoms. The van der Waals surface area contributed by atoms with E-state index in [-0.39, 0.29) is 18.9 Å². The van der Waals surface area contributed by atoms with Gasteiger partial charge in [0.2, 0.25) is 5.91 Å². The van der Waals surface area contributed by atoms with Crippen LogP contribution in [0.25, 0.3) is 0 Å². The molecule has 3 aliphatic heterocycles. The number of hydrogen-bond acceptors (Lipinski definition) is 18. The summed E-state index contributed by atoms with van der Waals surface area (Å²) in [6.45, 7) is 1.89. The zero-order valence-corrected chi connectivity index (χ0v) is 66.6. The molecule has 17 unspecified atom stereocenters. The topological polar surface area (TPSA) is 307 Å². The molecule has 0 bridgehead atoms. The molecule has 3 saturated heterocycles. The van der Waals surface area contributed by atoms with E-state index in [1.165, 1.54) is 327 Å². The molecule has 3 fully saturated rings. The van der Waals surface area contributed by atoms with Crippen LogP contribution in [0.5, 0.6) is 0 Å². The average molecular weight is 1490 g/mol. The number of rotatable bonds is 73. The van der Waals surface area contributed by atoms with Gasteiger partial charge in [-0.25, -0.2) is 0 Å². The highest BCUT2D eigenvalue weighted by molar-refractivity contribution is 5.76. The van der Waals surface area contributed by atoms with Gasteiger partial charge in [0, 0.05) is 6.42 Å². The van der Waals surface area contributed by atoms with Crippen LogP contribution in [-0.2, 0) is 33.2 Å². The molecule has 3 heterocycles. The molecule has 12 N–H and O–H groups in total. The van der Waals surface area contributed by atoms with E-state index >= 15 is 0 Å². The van der Waals surface area contributed by atoms with Gasteiger partial charge in [0.15, 0.2) is 18.9 Å². The molecule has 0 aliphatic carbocycles. The number of hydrogen-bond donors (Lipinski definition) is 12. The van der Waals surface area contributed by atoms with Crippen LogP contribution in [0.15, 0.2) is 0 Å². The van der Waals surface area contributed by atoms with E-state index in [2.05, 4.69) is 19.2 Å². The molecule has 3 rings (SSSR count). The van der Waals surface area contributed by atoms with Crippen molar-refractivity contribution in [1.82, 2.24) is 5.32 Å². The zero-order chi connectivity index (χ0) is 75.3. The maximum Gasteiger partial charge on any atom is 0.220 e. The normalized spacial score (nSPS) is 25.8. The largest absolute Gasteiger partial charge is 0.394 e. The molecule has 1 amide bonds. The van der Waals surface area contributed by atoms with Gasteiger partial charge >= 0.3 is 0 Å². The smallest absolute Gasteiger partial charge is 0.220 e. The molecule has 104 heavy (non-hydrogen) atoms. The zero-order valence-electron chi connectivity index (χ0n) is 66.6. The highest BCUT2D eigenvalue weighted by Crippen LogP contribution is 2.34. The van der Waals surface area contributed by atoms with E-state index in [4.69, 9.17) is 28.4 Å². The molecule has 0 saturated carbocycles. The van der Waals surface area contributed by atoms with E-state index in [0.29, 0.717) is 12.8 Å². The van der Waals surface area contributed by atoms with Gasteiger partial charge in [-0.15, -0.1) is 0 Å². The number of carbonyl (C=O) groups is 1. The fourth-order valence-electron chi connectivity index (χ4n) is 15.6. The molecule has 3 aliphatic rings. The maximum absolute atomic E-state index is 13.5. The van der Waals surface area contributed by atoms with Crippen LogP contribution in [0.4, 0.5) is 0 Å². The quantitative estimate of drug-likeness (QED) is 0.0252. The SMILES string of the molecule is CCCCCCCCCCCCCCCCCCCCCCCCCCCCCCCCCCCC(O)C(COC1OC(CO)C(OC2OC(CO)C(OC3OC(CO)C(O)C(O)C3O)C(O)C2O)C(O)C1O)NC(=O)CCCCCCCCCCCCCCCCCCCCCCCCCCCC. The number of ether oxygens (including phenoxy) is 6. The first kappa shape index (κ1) is 97.0. The minimum Gasteiger partial charge on any atom is -0.394 e. The van der Waals surface area contributed by atoms with Gasteiger partial charge in [0.1, 0.15) is 73.2 Å². The van der Waals surface area contributed by atoms with E-state index in [1.54, 1.807) is 0 Å². The summed E-state index contributed by atoms with van der Waals surface area (Å²) in [5, 5.41) is 121. The first-order valence-electron chi connectivity index (χ1n) is 44.3. The molecule has 0 aromatic carbocycles. The molecular weight excluding hydrogens is 1320 g/mol. The Morgan fingerprint density at radius 1 is 0.308 bits per heavy atom. The summed E-state index contributed by atoms with van der Waals surface area (Å²) in [5.74, 6) is -0.231. The van der Waals surface area contributed by atoms with E-state index in [0.717, 1.165) is 44.9 Å². The Bertz CT molecular complexity index is 1880. The molecule has 0 aromatic rings. The van der Waals surface area contributed by atoms with Crippen molar-refractivity contribution in [2.45, 2.75) is 510 Å². The lowest BCUT2D eigenvalue weighted by atomic mass is 9.96. The molecular formula is C85H165NO18. The Kier molecular flexibility index (Phi) is 61.9. The number of nitrogens with one attached hydrogen (secondary N) is 1. The molecule has 19 nitrogen and oxygen atoms in total. The van der Waals surface area contributed by atoms with Crippen molar-refractivity contribution in [2.75, 3.05) is 26.4 Å². The molecule has 17 atom stereocenters. The Morgan fingerprint density at radius 3 is 0.837 bits per heavy atom. The van der Waals surface area contributed by atoms with Crippen LogP contribution in [0.3, 0.4) is 0 Å². The molecule has 19 heteroatoms. The molecule has 618 valence electrons. The van der Waals surface area contributed by atoms with Gasteiger partial charge in [-0.3, -0.25) is 4.79 Å². The average Bonchev–Trinajstić information content (AvgIpc) is 0.783. The van der Waals surface area contributed by atoms with Gasteiger partial charge in [0.05, 0.1) is 38.6 Å². The fraction of sp³-hybridized carbons (Fsp3) is 0.988. The summed E-state index contributed by atoms with van der Waals surface area (Å²) >= 11 is 0. The van der Waals surface area contributed by atoms with E-state index in [9.17, 15) is 61.0 Å². The third-order valence-corrected chi connectivity index (χ3v) is 22.7. The number of amides is 1. The molecule has 0 radical (unpaired) electrons. The Labute approximate surface area is 634 Å². The predicted molar refractivity (Wildman–Crippen MR) is 416 cm³/mol. The third-order valence-electron chi connectivity index (χ3n) is 22.7. The van der Waals surface area contributed by atoms with Crippen LogP contribution in [0.2, 0.25) is 0 Å². The van der Waals surface area contributed by atoms with Gasteiger partial charge in [-0.1, -0.05) is 386 Å². The van der Waals surface area contributed by atoms with Gasteiger partial charge < -0.3 is 89.9 Å². The Hall–Kier alpha value is -1.21. The van der Waals surface area contributed by atoms with E-state index < -0.39 is 124 Å². The van der Waals surface area contributed by atoms with Crippen molar-refractivity contribution in [1.29, 1.82) is 0 Å². The van der Waals surface area contributed by atoms with Crippen LogP contribution in [0, 0.1) is 0 Å². The highest BCUT2D eigenvalue weighted by atomic mass is 16.8. The van der Waals surface area contributed by atoms with Crippen LogP contribution >= 0.6 is 0 Å². The summed E-state index contributed by atoms with van der Waals surface area (Å²) < 4.78 is 34.6. The van der Waals surface area contributed by atoms with Gasteiger partial charge in [0.25, 0.3) is 0 Å². The first-order chi connectivity index (χ1) is 50.8. The number of aliphatic hydroxyl groups excluding tert-OH is 11. The lowest BCUT2D eigenvalue weighted by Crippen LogP contribution is -2.66. The van der Waals surface area contributed by atoms with E-state index in [1.807, 2.05) is 0 Å². The standard InChI is InChI=1S/C85H165NO18/c1-3-5-7-9-11-13-15-17-19-21-23-25-27-29-31-32-33-34-35-36-37-38-40-42-44-46-48-50-52-54-56-58-60-62-69(90)68(86-73(91)63-61-59-57-55-53-51-49-47-45-43-41-39-30-28-26-24-22-20-18-16-14-12-10-8-6-4-2)67-99-83-79(97)76(94)81(71(65-88)101-83)104-85-80(98)77(95)82(72(66-89)102-85)103-84-78(96)75(93)74(92)70(64-87)100-84/h68-72,74-85,87-90,92-98H,3-67H2,1-2H3,(H,86,91). The lowest BCUT2D eigenvalue weighted by Gasteiger charge is -2.48. The second-order valence-corrected chi connectivity index (χ2v) is 32.1. The summed E-state index contributed by atoms with van der Waals surface area (Å²) in [5.41, 5.74) is 0. The van der Waals surface area contributed by atoms with Gasteiger partial charge in [-0.05, 0) is 12.8 Å². The van der Waals surface area contributed by atoms with Crippen molar-refractivity contribution in [2.24, 2.45) is 0 Å². The van der Waals surface area contributed by atoms with Crippen LogP contribution < -0.4 is 5.32 Å². The third kappa shape index (κ3) is 45.3. The van der Waals surface area contributed by atoms with Crippen molar-refractivity contribution in [3.8, 4) is 0 Å². The lowest BCUT2D eigenvalue weighted by molar-refractivity contribution is -0.379. The number of unbranched alkanes of at least 4 members (excludes halogenated alkanes) is 57. The predicted octanol–water partition coefficient (Wildman–Crippen LogP) is 16.1. The monoisotopic (exact) mass is 1490 g/mol. The summed E-state index contributed by atoms with van der Waals surface area (Å²) in [6.07, 6.45) is 52.1. The minimum absolute atomic E-state index is 0.231. The van der Waals surface area contributed by atoms with Crippen molar-refractivity contribution in [3.05, 3.63) is 0 Å².